The molecule has 1 aromatic carbocycles. The van der Waals surface area contributed by atoms with Gasteiger partial charge in [-0.05, 0) is 5.56 Å². The van der Waals surface area contributed by atoms with Crippen LogP contribution >= 0.6 is 23.1 Å². The van der Waals surface area contributed by atoms with Crippen molar-refractivity contribution >= 4 is 40.2 Å². The molecule has 2 heterocycles. The molecule has 9 heteroatoms. The molecule has 0 saturated carbocycles. The van der Waals surface area contributed by atoms with Crippen molar-refractivity contribution in [2.75, 3.05) is 29.9 Å². The highest BCUT2D eigenvalue weighted by Gasteiger charge is 2.25. The van der Waals surface area contributed by atoms with Crippen molar-refractivity contribution in [2.24, 2.45) is 0 Å². The third kappa shape index (κ3) is 5.17. The molecule has 0 radical (unpaired) electrons. The second-order valence-electron chi connectivity index (χ2n) is 5.52. The Kier molecular flexibility index (Phi) is 6.24. The number of hydrogen-bond acceptors (Lipinski definition) is 6. The molecule has 0 bridgehead atoms. The summed E-state index contributed by atoms with van der Waals surface area (Å²) in [5.41, 5.74) is 2.53. The van der Waals surface area contributed by atoms with Crippen LogP contribution < -0.4 is 10.6 Å². The molecule has 3 amide bonds. The highest BCUT2D eigenvalue weighted by atomic mass is 32.2. The number of thioether (sulfide) groups is 1. The van der Waals surface area contributed by atoms with E-state index in [1.807, 2.05) is 42.1 Å². The van der Waals surface area contributed by atoms with Crippen LogP contribution in [0.25, 0.3) is 0 Å². The van der Waals surface area contributed by atoms with Crippen molar-refractivity contribution in [2.45, 2.75) is 12.5 Å². The van der Waals surface area contributed by atoms with Gasteiger partial charge in [0.1, 0.15) is 11.6 Å². The van der Waals surface area contributed by atoms with E-state index in [0.717, 1.165) is 17.1 Å². The van der Waals surface area contributed by atoms with E-state index in [9.17, 15) is 9.59 Å². The fourth-order valence-corrected chi connectivity index (χ4v) is 3.84. The van der Waals surface area contributed by atoms with Crippen molar-refractivity contribution in [1.29, 1.82) is 0 Å². The first kappa shape index (κ1) is 17.7. The summed E-state index contributed by atoms with van der Waals surface area (Å²) < 4.78 is 0. The number of aromatic nitrogens is 2. The number of nitrogens with one attached hydrogen (secondary N) is 2. The van der Waals surface area contributed by atoms with Gasteiger partial charge in [0.2, 0.25) is 11.0 Å². The molecule has 2 aromatic rings. The Balaban J connectivity index is 1.68. The van der Waals surface area contributed by atoms with Gasteiger partial charge in [0.25, 0.3) is 0 Å². The summed E-state index contributed by atoms with van der Waals surface area (Å²) in [5.74, 6) is 1.56. The van der Waals surface area contributed by atoms with Gasteiger partial charge in [-0.1, -0.05) is 41.7 Å². The number of hydrogen-bond donors (Lipinski definition) is 2. The maximum absolute atomic E-state index is 12.6. The number of anilines is 1. The fourth-order valence-electron chi connectivity index (χ4n) is 2.49. The zero-order chi connectivity index (χ0) is 17.5. The summed E-state index contributed by atoms with van der Waals surface area (Å²) in [7, 11) is 0. The summed E-state index contributed by atoms with van der Waals surface area (Å²) >= 11 is 3.07. The van der Waals surface area contributed by atoms with Crippen LogP contribution in [-0.4, -0.2) is 57.7 Å². The van der Waals surface area contributed by atoms with Crippen molar-refractivity contribution in [3.63, 3.8) is 0 Å². The Hall–Kier alpha value is -2.13. The first-order valence-electron chi connectivity index (χ1n) is 7.96. The number of urea groups is 1. The standard InChI is InChI=1S/C16H19N5O2S2/c22-14(19-15-20-17-11-25-15)13(10-12-4-2-1-3-5-12)18-16(23)21-6-8-24-9-7-21/h1-5,11,13H,6-10H2,(H,18,23)(H,19,20,22)/t13-/m0/s1. The second kappa shape index (κ2) is 8.82. The van der Waals surface area contributed by atoms with Crippen molar-refractivity contribution in [3.8, 4) is 0 Å². The Morgan fingerprint density at radius 2 is 1.96 bits per heavy atom. The number of benzene rings is 1. The predicted octanol–water partition coefficient (Wildman–Crippen LogP) is 1.85. The van der Waals surface area contributed by atoms with E-state index >= 15 is 0 Å². The number of rotatable bonds is 5. The molecule has 3 rings (SSSR count). The summed E-state index contributed by atoms with van der Waals surface area (Å²) in [5, 5.41) is 13.5. The molecular formula is C16H19N5O2S2. The molecule has 2 N–H and O–H groups in total. The Bertz CT molecular complexity index is 690. The van der Waals surface area contributed by atoms with Gasteiger partial charge in [-0.25, -0.2) is 4.79 Å². The molecule has 7 nitrogen and oxygen atoms in total. The zero-order valence-corrected chi connectivity index (χ0v) is 15.2. The van der Waals surface area contributed by atoms with Crippen LogP contribution in [0.3, 0.4) is 0 Å². The van der Waals surface area contributed by atoms with Crippen LogP contribution in [0.2, 0.25) is 0 Å². The first-order valence-corrected chi connectivity index (χ1v) is 10.00. The maximum atomic E-state index is 12.6. The minimum absolute atomic E-state index is 0.200. The van der Waals surface area contributed by atoms with Gasteiger partial charge in [0.05, 0.1) is 0 Å². The molecule has 0 aliphatic carbocycles. The molecule has 1 aromatic heterocycles. The monoisotopic (exact) mass is 377 g/mol. The van der Waals surface area contributed by atoms with E-state index in [4.69, 9.17) is 0 Å². The number of carbonyl (C=O) groups is 2. The van der Waals surface area contributed by atoms with E-state index in [2.05, 4.69) is 20.8 Å². The minimum Gasteiger partial charge on any atom is -0.326 e. The lowest BCUT2D eigenvalue weighted by atomic mass is 10.1. The lowest BCUT2D eigenvalue weighted by Crippen LogP contribution is -2.52. The fraction of sp³-hybridized carbons (Fsp3) is 0.375. The van der Waals surface area contributed by atoms with E-state index in [0.29, 0.717) is 24.6 Å². The van der Waals surface area contributed by atoms with Gasteiger partial charge >= 0.3 is 6.03 Å². The smallest absolute Gasteiger partial charge is 0.318 e. The molecule has 0 unspecified atom stereocenters. The third-order valence-electron chi connectivity index (χ3n) is 3.79. The van der Waals surface area contributed by atoms with Gasteiger partial charge in [-0.15, -0.1) is 10.2 Å². The topological polar surface area (TPSA) is 87.2 Å². The first-order chi connectivity index (χ1) is 12.2. The van der Waals surface area contributed by atoms with Crippen LogP contribution in [0.5, 0.6) is 0 Å². The van der Waals surface area contributed by atoms with Crippen LogP contribution in [-0.2, 0) is 11.2 Å². The van der Waals surface area contributed by atoms with Gasteiger partial charge in [-0.2, -0.15) is 11.8 Å². The number of carbonyl (C=O) groups excluding carboxylic acids is 2. The highest BCUT2D eigenvalue weighted by Crippen LogP contribution is 2.12. The van der Waals surface area contributed by atoms with Crippen molar-refractivity contribution in [1.82, 2.24) is 20.4 Å². The SMILES string of the molecule is O=C(Nc1nncs1)[C@H](Cc1ccccc1)NC(=O)N1CCSCC1. The lowest BCUT2D eigenvalue weighted by molar-refractivity contribution is -0.118. The molecule has 1 fully saturated rings. The van der Waals surface area contributed by atoms with Crippen LogP contribution in [0, 0.1) is 0 Å². The Morgan fingerprint density at radius 3 is 2.64 bits per heavy atom. The van der Waals surface area contributed by atoms with E-state index in [1.54, 1.807) is 10.4 Å². The van der Waals surface area contributed by atoms with Crippen molar-refractivity contribution in [3.05, 3.63) is 41.4 Å². The molecule has 25 heavy (non-hydrogen) atoms. The summed E-state index contributed by atoms with van der Waals surface area (Å²) in [6.45, 7) is 1.40. The summed E-state index contributed by atoms with van der Waals surface area (Å²) in [6, 6.07) is 8.76. The second-order valence-corrected chi connectivity index (χ2v) is 7.58. The Labute approximate surface area is 154 Å². The number of nitrogens with zero attached hydrogens (tertiary/aromatic N) is 3. The molecule has 0 spiro atoms. The van der Waals surface area contributed by atoms with E-state index < -0.39 is 6.04 Å². The van der Waals surface area contributed by atoms with E-state index in [-0.39, 0.29) is 11.9 Å². The van der Waals surface area contributed by atoms with Gasteiger partial charge in [0, 0.05) is 31.0 Å². The minimum atomic E-state index is -0.673. The van der Waals surface area contributed by atoms with E-state index in [1.165, 1.54) is 11.3 Å². The van der Waals surface area contributed by atoms with Crippen LogP contribution in [0.4, 0.5) is 9.93 Å². The van der Waals surface area contributed by atoms with Crippen molar-refractivity contribution < 1.29 is 9.59 Å². The largest absolute Gasteiger partial charge is 0.326 e. The van der Waals surface area contributed by atoms with Gasteiger partial charge < -0.3 is 10.2 Å². The quantitative estimate of drug-likeness (QED) is 0.830. The molecular weight excluding hydrogens is 358 g/mol. The summed E-state index contributed by atoms with van der Waals surface area (Å²) in [6.07, 6.45) is 0.416. The maximum Gasteiger partial charge on any atom is 0.318 e. The number of amides is 3. The molecule has 132 valence electrons. The third-order valence-corrected chi connectivity index (χ3v) is 5.33. The van der Waals surface area contributed by atoms with Gasteiger partial charge in [0.15, 0.2) is 0 Å². The molecule has 1 atom stereocenters. The average Bonchev–Trinajstić information content (AvgIpc) is 3.15. The lowest BCUT2D eigenvalue weighted by Gasteiger charge is -2.28. The zero-order valence-electron chi connectivity index (χ0n) is 13.6. The van der Waals surface area contributed by atoms with Crippen LogP contribution in [0.15, 0.2) is 35.8 Å². The predicted molar refractivity (Wildman–Crippen MR) is 99.9 cm³/mol. The van der Waals surface area contributed by atoms with Gasteiger partial charge in [-0.3, -0.25) is 10.1 Å². The normalized spacial score (nSPS) is 15.4. The summed E-state index contributed by atoms with van der Waals surface area (Å²) in [4.78, 5) is 26.9. The highest BCUT2D eigenvalue weighted by molar-refractivity contribution is 7.99. The molecule has 1 aliphatic heterocycles. The van der Waals surface area contributed by atoms with Crippen LogP contribution in [0.1, 0.15) is 5.56 Å². The Morgan fingerprint density at radius 1 is 1.20 bits per heavy atom. The average molecular weight is 377 g/mol. The molecule has 1 aliphatic rings. The molecule has 1 saturated heterocycles.